The van der Waals surface area contributed by atoms with Crippen LogP contribution in [0.5, 0.6) is 167 Å². The van der Waals surface area contributed by atoms with E-state index in [9.17, 15) is 81.5 Å². The van der Waals surface area contributed by atoms with Crippen LogP contribution in [0.25, 0.3) is 0 Å². The van der Waals surface area contributed by atoms with Gasteiger partial charge in [-0.2, -0.15) is 0 Å². The van der Waals surface area contributed by atoms with Gasteiger partial charge in [0.05, 0.1) is 0 Å². The Morgan fingerprint density at radius 3 is 0.500 bits per heavy atom. The Balaban J connectivity index is 1.53. The summed E-state index contributed by atoms with van der Waals surface area (Å²) in [6, 6.07) is 11.5. The van der Waals surface area contributed by atoms with Gasteiger partial charge in [-0.25, -0.2) is 0 Å². The molecule has 0 heterocycles. The second kappa shape index (κ2) is 38.3. The molecular weight excluding hydrogens is 1550 g/mol. The van der Waals surface area contributed by atoms with E-state index in [1.807, 2.05) is 0 Å². The molecule has 0 saturated carbocycles. The van der Waals surface area contributed by atoms with E-state index in [4.69, 9.17) is 109 Å². The highest BCUT2D eigenvalue weighted by Gasteiger charge is 2.35. The molecule has 608 valence electrons. The Hall–Kier alpha value is -15.7. The molecule has 7 aromatic carbocycles. The third kappa shape index (κ3) is 25.2. The van der Waals surface area contributed by atoms with E-state index < -0.39 is 262 Å². The Morgan fingerprint density at radius 2 is 0.276 bits per heavy atom. The lowest BCUT2D eigenvalue weighted by Gasteiger charge is -2.23. The van der Waals surface area contributed by atoms with Gasteiger partial charge in [-0.15, -0.1) is 0 Å². The van der Waals surface area contributed by atoms with Gasteiger partial charge in [-0.1, -0.05) is 0 Å². The van der Waals surface area contributed by atoms with Crippen molar-refractivity contribution >= 4 is 101 Å². The van der Waals surface area contributed by atoms with Crippen LogP contribution in [0.15, 0.2) is 78.9 Å². The molecule has 7 rings (SSSR count). The minimum atomic E-state index is -1.27. The lowest BCUT2D eigenvalue weighted by molar-refractivity contribution is -0.135. The van der Waals surface area contributed by atoms with E-state index in [0.29, 0.717) is 0 Å². The van der Waals surface area contributed by atoms with Crippen molar-refractivity contribution < 1.29 is 190 Å². The van der Waals surface area contributed by atoms with Crippen molar-refractivity contribution in [3.8, 4) is 167 Å². The van der Waals surface area contributed by atoms with E-state index in [0.717, 1.165) is 197 Å². The average Bonchev–Trinajstić information content (AvgIpc) is 0.764. The van der Waals surface area contributed by atoms with Crippen LogP contribution in [0, 0.1) is 0 Å². The quantitative estimate of drug-likeness (QED) is 0.0310. The summed E-state index contributed by atoms with van der Waals surface area (Å²) in [7, 11) is 0. The van der Waals surface area contributed by atoms with Crippen molar-refractivity contribution in [2.24, 2.45) is 0 Å². The van der Waals surface area contributed by atoms with Crippen molar-refractivity contribution in [2.75, 3.05) is 0 Å². The number of hydrogen-bond donors (Lipinski definition) is 0. The van der Waals surface area contributed by atoms with Crippen LogP contribution in [-0.4, -0.2) is 101 Å². The molecule has 0 unspecified atom stereocenters. The molecule has 7 aromatic rings. The zero-order chi connectivity index (χ0) is 86.0. The number of ether oxygens (including phenoxy) is 23. The SMILES string of the molecule is CC(=O)Oc1cc(OC(C)=O)c(Oc2cc(OC(C)=O)c(Oc3cc(OC(C)=O)c(OC(C)=O)c(OC(C)=O)c3Oc3cc(OC(C)=O)c(Oc4cc(OC(C)=O)cc(OC(C)=O)c4Oc4cc(OC(C)=O)c(Oc5cc(OC(C)=O)c(OC(C)=O)c(OC(C)=O)c5)c(OC(C)=O)c4)c(OC(C)=O)c3)c(OC(C)=O)c2)c(OC(C)=O)c1. The van der Waals surface area contributed by atoms with Gasteiger partial charge in [0, 0.05) is 197 Å². The second-order valence-corrected chi connectivity index (χ2v) is 23.1. The maximum Gasteiger partial charge on any atom is 0.308 e. The van der Waals surface area contributed by atoms with Gasteiger partial charge in [-0.05, 0) is 0 Å². The number of rotatable bonds is 29. The van der Waals surface area contributed by atoms with E-state index in [1.165, 1.54) is 0 Å². The fourth-order valence-electron chi connectivity index (χ4n) is 9.51. The van der Waals surface area contributed by atoms with Crippen LogP contribution in [0.2, 0.25) is 0 Å². The van der Waals surface area contributed by atoms with E-state index in [1.54, 1.807) is 0 Å². The van der Waals surface area contributed by atoms with Gasteiger partial charge in [0.1, 0.15) is 34.5 Å². The Morgan fingerprint density at radius 1 is 0.129 bits per heavy atom. The highest BCUT2D eigenvalue weighted by Crippen LogP contribution is 2.59. The fourth-order valence-corrected chi connectivity index (χ4v) is 9.51. The van der Waals surface area contributed by atoms with E-state index in [-0.39, 0.29) is 5.75 Å². The molecule has 0 aromatic heterocycles. The summed E-state index contributed by atoms with van der Waals surface area (Å²) in [6.07, 6.45) is 0. The summed E-state index contributed by atoms with van der Waals surface area (Å²) >= 11 is 0. The summed E-state index contributed by atoms with van der Waals surface area (Å²) in [4.78, 5) is 218. The van der Waals surface area contributed by atoms with Crippen molar-refractivity contribution in [1.29, 1.82) is 0 Å². The van der Waals surface area contributed by atoms with Gasteiger partial charge >= 0.3 is 101 Å². The fraction of sp³-hybridized carbons (Fsp3) is 0.224. The minimum Gasteiger partial charge on any atom is -0.449 e. The predicted octanol–water partition coefficient (Wildman–Crippen LogP) is 11.2. The first-order valence-electron chi connectivity index (χ1n) is 32.9. The molecule has 40 nitrogen and oxygen atoms in total. The summed E-state index contributed by atoms with van der Waals surface area (Å²) in [6.45, 7) is 15.5. The average molecular weight is 1620 g/mol. The predicted molar refractivity (Wildman–Crippen MR) is 378 cm³/mol. The Bertz CT molecular complexity index is 5080. The highest BCUT2D eigenvalue weighted by molar-refractivity contribution is 5.86. The summed E-state index contributed by atoms with van der Waals surface area (Å²) in [5.41, 5.74) is 0. The Labute approximate surface area is 653 Å². The van der Waals surface area contributed by atoms with Gasteiger partial charge in [0.2, 0.25) is 51.7 Å². The van der Waals surface area contributed by atoms with Crippen molar-refractivity contribution in [3.05, 3.63) is 78.9 Å². The molecule has 40 heteroatoms. The van der Waals surface area contributed by atoms with Gasteiger partial charge in [0.25, 0.3) is 0 Å². The number of esters is 17. The topological polar surface area (TPSA) is 502 Å². The van der Waals surface area contributed by atoms with Crippen LogP contribution in [0.1, 0.15) is 118 Å². The number of hydrogen-bond acceptors (Lipinski definition) is 40. The monoisotopic (exact) mass is 1620 g/mol. The number of benzene rings is 7. The van der Waals surface area contributed by atoms with Crippen LogP contribution < -0.4 is 109 Å². The molecule has 116 heavy (non-hydrogen) atoms. The van der Waals surface area contributed by atoms with Gasteiger partial charge in [0.15, 0.2) is 80.5 Å². The lowest BCUT2D eigenvalue weighted by Crippen LogP contribution is -2.12. The molecule has 0 atom stereocenters. The van der Waals surface area contributed by atoms with Crippen LogP contribution in [0.4, 0.5) is 0 Å². The summed E-state index contributed by atoms with van der Waals surface area (Å²) in [5.74, 6) is -39.4. The van der Waals surface area contributed by atoms with E-state index >= 15 is 0 Å². The summed E-state index contributed by atoms with van der Waals surface area (Å²) < 4.78 is 130. The molecule has 0 amide bonds. The second-order valence-electron chi connectivity index (χ2n) is 23.1. The molecule has 0 radical (unpaired) electrons. The summed E-state index contributed by atoms with van der Waals surface area (Å²) in [5, 5.41) is 0. The normalized spacial score (nSPS) is 10.4. The first-order valence-corrected chi connectivity index (χ1v) is 32.9. The van der Waals surface area contributed by atoms with Crippen LogP contribution >= 0.6 is 0 Å². The van der Waals surface area contributed by atoms with Crippen molar-refractivity contribution in [2.45, 2.75) is 118 Å². The Kier molecular flexibility index (Phi) is 28.9. The molecular formula is C76H64O40. The molecule has 0 aliphatic heterocycles. The molecule has 0 bridgehead atoms. The maximum absolute atomic E-state index is 13.4. The van der Waals surface area contributed by atoms with Gasteiger partial charge < -0.3 is 109 Å². The first-order chi connectivity index (χ1) is 54.4. The third-order valence-corrected chi connectivity index (χ3v) is 12.7. The zero-order valence-corrected chi connectivity index (χ0v) is 63.8. The van der Waals surface area contributed by atoms with Crippen molar-refractivity contribution in [1.82, 2.24) is 0 Å². The molecule has 0 aliphatic carbocycles. The van der Waals surface area contributed by atoms with E-state index in [2.05, 4.69) is 0 Å². The molecule has 0 aliphatic rings. The third-order valence-electron chi connectivity index (χ3n) is 12.7. The first kappa shape index (κ1) is 87.6. The number of carbonyl (C=O) groups is 17. The molecule has 0 spiro atoms. The van der Waals surface area contributed by atoms with Crippen LogP contribution in [0.3, 0.4) is 0 Å². The minimum absolute atomic E-state index is 0.339. The zero-order valence-electron chi connectivity index (χ0n) is 63.8. The molecule has 0 fully saturated rings. The lowest BCUT2D eigenvalue weighted by atomic mass is 10.2. The standard InChI is InChI=1S/C76H64O40/c1-31(77)94-48-18-56(98-35(5)81)69(57(19-48)99-36(6)82)112-52-26-61(103-40(10)86)73(62(27-52)104-41(11)87)116-67-30-66(107-44(14)90)74(109-46(16)92)76(110-47(17)93)75(67)114-53-28-63(105-42(12)88)72(64(29-53)106-43(13)89)115-65-21-49(95-32(2)78)20-58(100-37(7)83)71(65)113-51-24-59(101-38(8)84)70(60(25-51)102-39(9)85)111-50-22-54(96-33(3)79)68(108-45(15)91)55(23-50)97-34(4)80/h18-30H,1-17H3. The smallest absolute Gasteiger partial charge is 0.308 e. The van der Waals surface area contributed by atoms with Gasteiger partial charge in [-0.3, -0.25) is 81.5 Å². The number of carbonyl (C=O) groups excluding carboxylic acids is 17. The molecule has 0 N–H and O–H groups in total. The van der Waals surface area contributed by atoms with Crippen molar-refractivity contribution in [3.63, 3.8) is 0 Å². The van der Waals surface area contributed by atoms with Crippen LogP contribution in [-0.2, 0) is 81.5 Å². The highest BCUT2D eigenvalue weighted by atomic mass is 16.7. The largest absolute Gasteiger partial charge is 0.449 e. The molecule has 0 saturated heterocycles. The maximum atomic E-state index is 13.4.